The van der Waals surface area contributed by atoms with Crippen molar-refractivity contribution in [3.05, 3.63) is 42.1 Å². The van der Waals surface area contributed by atoms with E-state index in [0.717, 1.165) is 19.3 Å². The maximum atomic E-state index is 13.6. The molecule has 0 unspecified atom stereocenters. The fourth-order valence-corrected chi connectivity index (χ4v) is 6.20. The molecule has 2 aromatic rings. The van der Waals surface area contributed by atoms with Crippen LogP contribution < -0.4 is 20.7 Å². The van der Waals surface area contributed by atoms with Crippen LogP contribution in [0.4, 0.5) is 18.0 Å². The molecule has 1 aromatic carbocycles. The van der Waals surface area contributed by atoms with Crippen molar-refractivity contribution in [2.24, 2.45) is 0 Å². The number of alkyl halides is 3. The first kappa shape index (κ1) is 38.9. The minimum Gasteiger partial charge on any atom is -0.467 e. The van der Waals surface area contributed by atoms with E-state index in [0.29, 0.717) is 25.1 Å². The van der Waals surface area contributed by atoms with Gasteiger partial charge in [0.1, 0.15) is 12.1 Å². The van der Waals surface area contributed by atoms with Crippen molar-refractivity contribution < 1.29 is 51.4 Å². The fourth-order valence-electron chi connectivity index (χ4n) is 6.20. The number of rotatable bonds is 13. The van der Waals surface area contributed by atoms with Gasteiger partial charge in [-0.15, -0.1) is 0 Å². The zero-order valence-corrected chi connectivity index (χ0v) is 29.2. The van der Waals surface area contributed by atoms with Gasteiger partial charge < -0.3 is 40.1 Å². The van der Waals surface area contributed by atoms with E-state index < -0.39 is 67.6 Å². The van der Waals surface area contributed by atoms with E-state index in [1.165, 1.54) is 25.4 Å². The Morgan fingerprint density at radius 2 is 1.64 bits per heavy atom. The molecule has 53 heavy (non-hydrogen) atoms. The van der Waals surface area contributed by atoms with Gasteiger partial charge in [-0.25, -0.2) is 9.48 Å². The molecule has 1 aromatic heterocycles. The molecule has 3 heterocycles. The van der Waals surface area contributed by atoms with Crippen LogP contribution in [0.2, 0.25) is 0 Å². The highest BCUT2D eigenvalue weighted by Crippen LogP contribution is 2.24. The van der Waals surface area contributed by atoms with Gasteiger partial charge in [0.25, 0.3) is 11.8 Å². The maximum Gasteiger partial charge on any atom is 0.471 e. The molecule has 6 amide bonds. The largest absolute Gasteiger partial charge is 0.471 e. The van der Waals surface area contributed by atoms with Crippen molar-refractivity contribution in [1.82, 2.24) is 40.4 Å². The highest BCUT2D eigenvalue weighted by atomic mass is 19.4. The van der Waals surface area contributed by atoms with Crippen LogP contribution in [0.25, 0.3) is 5.69 Å². The highest BCUT2D eigenvalue weighted by molar-refractivity contribution is 5.96. The normalized spacial score (nSPS) is 18.1. The smallest absolute Gasteiger partial charge is 0.467 e. The quantitative estimate of drug-likeness (QED) is 0.272. The monoisotopic (exact) mass is 748 g/mol. The Morgan fingerprint density at radius 1 is 0.943 bits per heavy atom. The summed E-state index contributed by atoms with van der Waals surface area (Å²) in [7, 11) is 0. The number of aromatic nitrogens is 2. The van der Waals surface area contributed by atoms with Crippen LogP contribution in [0.15, 0.2) is 36.4 Å². The molecule has 2 atom stereocenters. The summed E-state index contributed by atoms with van der Waals surface area (Å²) in [5, 5.41) is 11.6. The van der Waals surface area contributed by atoms with Gasteiger partial charge in [-0.1, -0.05) is 18.2 Å². The minimum absolute atomic E-state index is 0.000212. The first-order valence-electron chi connectivity index (χ1n) is 17.6. The van der Waals surface area contributed by atoms with Crippen molar-refractivity contribution >= 4 is 35.6 Å². The van der Waals surface area contributed by atoms with Gasteiger partial charge in [-0.05, 0) is 57.6 Å². The predicted octanol–water partition coefficient (Wildman–Crippen LogP) is 1.38. The minimum atomic E-state index is -5.15. The first-order valence-corrected chi connectivity index (χ1v) is 17.6. The van der Waals surface area contributed by atoms with Crippen molar-refractivity contribution in [3.63, 3.8) is 0 Å². The van der Waals surface area contributed by atoms with E-state index >= 15 is 0 Å². The molecule has 0 radical (unpaired) electrons. The number of benzene rings is 1. The molecule has 3 N–H and O–H groups in total. The lowest BCUT2D eigenvalue weighted by Gasteiger charge is -2.36. The van der Waals surface area contributed by atoms with Crippen LogP contribution in [0.1, 0.15) is 55.9 Å². The van der Waals surface area contributed by atoms with E-state index in [9.17, 15) is 41.9 Å². The van der Waals surface area contributed by atoms with E-state index in [1.807, 2.05) is 0 Å². The lowest BCUT2D eigenvalue weighted by Crippen LogP contribution is -2.56. The van der Waals surface area contributed by atoms with Crippen LogP contribution in [0.3, 0.4) is 0 Å². The number of carbonyl (C=O) groups excluding carboxylic acids is 6. The Hall–Kier alpha value is -5.36. The van der Waals surface area contributed by atoms with Crippen LogP contribution in [-0.2, 0) is 23.9 Å². The number of para-hydroxylation sites is 1. The number of likely N-dealkylation sites (tertiary alicyclic amines) is 1. The third-order valence-corrected chi connectivity index (χ3v) is 9.28. The zero-order valence-electron chi connectivity index (χ0n) is 29.2. The molecule has 1 aliphatic carbocycles. The summed E-state index contributed by atoms with van der Waals surface area (Å²) in [4.78, 5) is 81.2. The number of nitrogens with one attached hydrogen (secondary N) is 3. The summed E-state index contributed by atoms with van der Waals surface area (Å²) in [6, 6.07) is 7.91. The maximum absolute atomic E-state index is 13.6. The number of amides is 6. The number of hydrogen-bond acceptors (Lipinski definition) is 9. The van der Waals surface area contributed by atoms with Gasteiger partial charge >= 0.3 is 18.2 Å². The summed E-state index contributed by atoms with van der Waals surface area (Å²) >= 11 is 0. The highest BCUT2D eigenvalue weighted by Gasteiger charge is 2.39. The molecule has 3 aliphatic rings. The molecule has 3 fully saturated rings. The molecule has 2 saturated heterocycles. The number of piperazine rings is 1. The molecule has 288 valence electrons. The summed E-state index contributed by atoms with van der Waals surface area (Å²) in [5.74, 6) is -4.35. The van der Waals surface area contributed by atoms with E-state index in [-0.39, 0.29) is 56.3 Å². The Kier molecular flexibility index (Phi) is 12.8. The molecule has 0 spiro atoms. The Bertz CT molecular complexity index is 1640. The summed E-state index contributed by atoms with van der Waals surface area (Å²) in [6.07, 6.45) is -2.05. The van der Waals surface area contributed by atoms with Crippen LogP contribution >= 0.6 is 0 Å². The Balaban J connectivity index is 1.29. The van der Waals surface area contributed by atoms with Crippen LogP contribution in [0, 0.1) is 0 Å². The SMILES string of the molecule is CCOC(=O)N1CCN(C(=O)[C@H](CCNC(=O)C(F)(F)F)NC(=O)c2cc(OCC(=O)N3CCC[C@H]3C(=O)NC3CCC3)n(-c3ccccc3)n2)CC1. The summed E-state index contributed by atoms with van der Waals surface area (Å²) < 4.78 is 50.7. The van der Waals surface area contributed by atoms with Gasteiger partial charge in [0.2, 0.25) is 17.7 Å². The average Bonchev–Trinajstić information content (AvgIpc) is 3.80. The third-order valence-electron chi connectivity index (χ3n) is 9.28. The molecule has 1 saturated carbocycles. The van der Waals surface area contributed by atoms with E-state index in [1.54, 1.807) is 42.6 Å². The van der Waals surface area contributed by atoms with Crippen molar-refractivity contribution in [2.45, 2.75) is 69.8 Å². The van der Waals surface area contributed by atoms with Gasteiger partial charge in [0, 0.05) is 51.4 Å². The van der Waals surface area contributed by atoms with Crippen LogP contribution in [-0.4, -0.2) is 137 Å². The van der Waals surface area contributed by atoms with Crippen LogP contribution in [0.5, 0.6) is 5.88 Å². The van der Waals surface area contributed by atoms with E-state index in [4.69, 9.17) is 9.47 Å². The fraction of sp³-hybridized carbons (Fsp3) is 0.559. The topological polar surface area (TPSA) is 185 Å². The second-order valence-corrected chi connectivity index (χ2v) is 12.9. The number of nitrogens with zero attached hydrogens (tertiary/aromatic N) is 5. The van der Waals surface area contributed by atoms with Crippen molar-refractivity contribution in [1.29, 1.82) is 0 Å². The lowest BCUT2D eigenvalue weighted by atomic mass is 9.93. The van der Waals surface area contributed by atoms with E-state index in [2.05, 4.69) is 15.7 Å². The molecular weight excluding hydrogens is 705 g/mol. The number of halogens is 3. The second-order valence-electron chi connectivity index (χ2n) is 12.9. The van der Waals surface area contributed by atoms with Gasteiger partial charge in [-0.3, -0.25) is 24.0 Å². The summed E-state index contributed by atoms with van der Waals surface area (Å²) in [6.45, 7) is 1.52. The van der Waals surface area contributed by atoms with Gasteiger partial charge in [0.15, 0.2) is 12.3 Å². The molecular formula is C34H43F3N8O8. The standard InChI is InChI=1S/C34H43F3N8O8/c1-2-52-33(51)43-18-16-42(17-19-43)31(49)24(13-14-38-32(50)34(35,36)37)40-29(47)25-20-28(45(41-25)23-10-4-3-5-11-23)53-21-27(46)44-15-7-12-26(44)30(48)39-22-8-6-9-22/h3-5,10-11,20,22,24,26H,2,6-9,12-19,21H2,1H3,(H,38,50)(H,39,48)(H,40,47)/t24-,26-/m0/s1. The first-order chi connectivity index (χ1) is 25.3. The molecule has 16 nitrogen and oxygen atoms in total. The lowest BCUT2D eigenvalue weighted by molar-refractivity contribution is -0.173. The Morgan fingerprint density at radius 3 is 2.28 bits per heavy atom. The summed E-state index contributed by atoms with van der Waals surface area (Å²) in [5.41, 5.74) is 0.231. The van der Waals surface area contributed by atoms with Gasteiger partial charge in [0.05, 0.1) is 12.3 Å². The molecule has 0 bridgehead atoms. The third kappa shape index (κ3) is 9.95. The second kappa shape index (κ2) is 17.4. The van der Waals surface area contributed by atoms with Crippen molar-refractivity contribution in [2.75, 3.05) is 52.5 Å². The molecule has 19 heteroatoms. The van der Waals surface area contributed by atoms with Gasteiger partial charge in [-0.2, -0.15) is 18.3 Å². The number of carbonyl (C=O) groups is 6. The molecule has 2 aliphatic heterocycles. The average molecular weight is 749 g/mol. The Labute approximate surface area is 303 Å². The number of ether oxygens (including phenoxy) is 2. The van der Waals surface area contributed by atoms with Crippen molar-refractivity contribution in [3.8, 4) is 11.6 Å². The molecule has 5 rings (SSSR count). The predicted molar refractivity (Wildman–Crippen MR) is 180 cm³/mol. The number of hydrogen-bond donors (Lipinski definition) is 3. The zero-order chi connectivity index (χ0) is 38.1.